The van der Waals surface area contributed by atoms with E-state index in [2.05, 4.69) is 15.0 Å². The number of nitrogens with one attached hydrogen (secondary N) is 1. The lowest BCUT2D eigenvalue weighted by Gasteiger charge is -2.38. The Morgan fingerprint density at radius 1 is 1.45 bits per heavy atom. The van der Waals surface area contributed by atoms with Gasteiger partial charge in [0.15, 0.2) is 6.61 Å². The van der Waals surface area contributed by atoms with Gasteiger partial charge in [0.1, 0.15) is 0 Å². The Hall–Kier alpha value is -1.83. The van der Waals surface area contributed by atoms with Gasteiger partial charge in [0, 0.05) is 37.4 Å². The van der Waals surface area contributed by atoms with Crippen LogP contribution in [0, 0.1) is 0 Å². The third-order valence-electron chi connectivity index (χ3n) is 3.66. The van der Waals surface area contributed by atoms with Gasteiger partial charge in [-0.15, -0.1) is 0 Å². The molecule has 1 saturated heterocycles. The lowest BCUT2D eigenvalue weighted by atomic mass is 10.1. The lowest BCUT2D eigenvalue weighted by molar-refractivity contribution is -0.154. The van der Waals surface area contributed by atoms with Crippen molar-refractivity contribution in [3.63, 3.8) is 0 Å². The number of hydrogen-bond acceptors (Lipinski definition) is 4. The van der Waals surface area contributed by atoms with E-state index in [-0.39, 0.29) is 23.9 Å². The summed E-state index contributed by atoms with van der Waals surface area (Å²) < 4.78 is 40.7. The Morgan fingerprint density at radius 3 is 2.77 bits per heavy atom. The van der Waals surface area contributed by atoms with Crippen molar-refractivity contribution in [3.05, 3.63) is 23.9 Å². The molecule has 0 spiro atoms. The molecule has 1 aromatic rings. The van der Waals surface area contributed by atoms with Gasteiger partial charge in [-0.3, -0.25) is 4.79 Å². The van der Waals surface area contributed by atoms with Gasteiger partial charge in [0.05, 0.1) is 5.56 Å². The minimum Gasteiger partial charge on any atom is -0.468 e. The Morgan fingerprint density at radius 2 is 2.18 bits per heavy atom. The van der Waals surface area contributed by atoms with E-state index in [1.54, 1.807) is 4.90 Å². The van der Waals surface area contributed by atoms with Crippen molar-refractivity contribution >= 4 is 5.91 Å². The normalized spacial score (nSPS) is 22.5. The van der Waals surface area contributed by atoms with E-state index >= 15 is 0 Å². The van der Waals surface area contributed by atoms with Crippen LogP contribution >= 0.6 is 0 Å². The first-order valence-corrected chi connectivity index (χ1v) is 6.98. The van der Waals surface area contributed by atoms with Crippen LogP contribution in [0.5, 0.6) is 5.88 Å². The second kappa shape index (κ2) is 6.51. The molecule has 0 bridgehead atoms. The summed E-state index contributed by atoms with van der Waals surface area (Å²) in [5.41, 5.74) is 0.334. The molecule has 2 rings (SSSR count). The van der Waals surface area contributed by atoms with Crippen molar-refractivity contribution in [3.8, 4) is 5.88 Å². The molecule has 5 nitrogen and oxygen atoms in total. The second-order valence-corrected chi connectivity index (χ2v) is 5.27. The first-order chi connectivity index (χ1) is 10.3. The fourth-order valence-corrected chi connectivity index (χ4v) is 2.26. The average molecular weight is 317 g/mol. The number of piperazine rings is 1. The van der Waals surface area contributed by atoms with Gasteiger partial charge >= 0.3 is 6.18 Å². The molecular weight excluding hydrogens is 299 g/mol. The van der Waals surface area contributed by atoms with Crippen molar-refractivity contribution in [1.29, 1.82) is 0 Å². The van der Waals surface area contributed by atoms with Crippen LogP contribution in [0.25, 0.3) is 0 Å². The number of amides is 1. The Balaban J connectivity index is 2.02. The summed E-state index contributed by atoms with van der Waals surface area (Å²) in [6.07, 6.45) is -3.17. The number of halogens is 3. The molecule has 2 unspecified atom stereocenters. The van der Waals surface area contributed by atoms with Gasteiger partial charge in [0.2, 0.25) is 5.88 Å². The van der Waals surface area contributed by atoms with E-state index in [4.69, 9.17) is 0 Å². The number of ether oxygens (including phenoxy) is 1. The SMILES string of the molecule is CC1NCCN(C(=O)c2ccc(OCC(F)(F)F)nc2)C1C. The van der Waals surface area contributed by atoms with Crippen LogP contribution in [0.2, 0.25) is 0 Å². The minimum atomic E-state index is -4.41. The number of alkyl halides is 3. The van der Waals surface area contributed by atoms with Crippen LogP contribution in [0.3, 0.4) is 0 Å². The van der Waals surface area contributed by atoms with E-state index in [0.29, 0.717) is 18.7 Å². The third-order valence-corrected chi connectivity index (χ3v) is 3.66. The molecule has 0 aromatic carbocycles. The van der Waals surface area contributed by atoms with E-state index in [1.807, 2.05) is 13.8 Å². The highest BCUT2D eigenvalue weighted by Gasteiger charge is 2.30. The number of hydrogen-bond donors (Lipinski definition) is 1. The number of rotatable bonds is 3. The van der Waals surface area contributed by atoms with Crippen LogP contribution < -0.4 is 10.1 Å². The number of nitrogens with zero attached hydrogens (tertiary/aromatic N) is 2. The predicted octanol–water partition coefficient (Wildman–Crippen LogP) is 1.85. The summed E-state index contributed by atoms with van der Waals surface area (Å²) in [6.45, 7) is 3.83. The van der Waals surface area contributed by atoms with Gasteiger partial charge in [-0.1, -0.05) is 0 Å². The van der Waals surface area contributed by atoms with Gasteiger partial charge in [-0.2, -0.15) is 13.2 Å². The zero-order valence-electron chi connectivity index (χ0n) is 12.4. The Kier molecular flexibility index (Phi) is 4.90. The highest BCUT2D eigenvalue weighted by molar-refractivity contribution is 5.94. The van der Waals surface area contributed by atoms with Crippen LogP contribution in [-0.4, -0.2) is 53.7 Å². The highest BCUT2D eigenvalue weighted by Crippen LogP contribution is 2.18. The molecule has 1 amide bonds. The molecule has 122 valence electrons. The van der Waals surface area contributed by atoms with Crippen LogP contribution in [-0.2, 0) is 0 Å². The molecule has 8 heteroatoms. The van der Waals surface area contributed by atoms with Crippen molar-refractivity contribution in [1.82, 2.24) is 15.2 Å². The molecule has 0 saturated carbocycles. The number of pyridine rings is 1. The fraction of sp³-hybridized carbons (Fsp3) is 0.571. The topological polar surface area (TPSA) is 54.5 Å². The molecule has 1 aliphatic heterocycles. The molecule has 1 aromatic heterocycles. The first kappa shape index (κ1) is 16.5. The van der Waals surface area contributed by atoms with E-state index in [0.717, 1.165) is 0 Å². The molecule has 1 aliphatic rings. The van der Waals surface area contributed by atoms with Crippen LogP contribution in [0.15, 0.2) is 18.3 Å². The standard InChI is InChI=1S/C14H18F3N3O2/c1-9-10(2)20(6-5-18-9)13(21)11-3-4-12(19-7-11)22-8-14(15,16)17/h3-4,7,9-10,18H,5-6,8H2,1-2H3. The molecule has 1 N–H and O–H groups in total. The Labute approximate surface area is 126 Å². The fourth-order valence-electron chi connectivity index (χ4n) is 2.26. The van der Waals surface area contributed by atoms with Crippen LogP contribution in [0.1, 0.15) is 24.2 Å². The van der Waals surface area contributed by atoms with E-state index in [9.17, 15) is 18.0 Å². The molecule has 1 fully saturated rings. The van der Waals surface area contributed by atoms with Gasteiger partial charge in [-0.25, -0.2) is 4.98 Å². The summed E-state index contributed by atoms with van der Waals surface area (Å²) >= 11 is 0. The molecule has 22 heavy (non-hydrogen) atoms. The third kappa shape index (κ3) is 4.09. The predicted molar refractivity (Wildman–Crippen MR) is 73.8 cm³/mol. The zero-order chi connectivity index (χ0) is 16.3. The maximum Gasteiger partial charge on any atom is 0.422 e. The number of carbonyl (C=O) groups excluding carboxylic acids is 1. The quantitative estimate of drug-likeness (QED) is 0.924. The minimum absolute atomic E-state index is 0.0300. The molecule has 2 heterocycles. The molecule has 2 atom stereocenters. The Bertz CT molecular complexity index is 519. The summed E-state index contributed by atoms with van der Waals surface area (Å²) in [5.74, 6) is -0.341. The lowest BCUT2D eigenvalue weighted by Crippen LogP contribution is -2.57. The monoisotopic (exact) mass is 317 g/mol. The summed E-state index contributed by atoms with van der Waals surface area (Å²) in [4.78, 5) is 17.9. The zero-order valence-corrected chi connectivity index (χ0v) is 12.4. The maximum absolute atomic E-state index is 12.4. The van der Waals surface area contributed by atoms with Gasteiger partial charge in [0.25, 0.3) is 5.91 Å². The summed E-state index contributed by atoms with van der Waals surface area (Å²) in [6, 6.07) is 2.91. The smallest absolute Gasteiger partial charge is 0.422 e. The molecule has 0 radical (unpaired) electrons. The largest absolute Gasteiger partial charge is 0.468 e. The van der Waals surface area contributed by atoms with Gasteiger partial charge < -0.3 is 15.0 Å². The van der Waals surface area contributed by atoms with E-state index in [1.165, 1.54) is 18.3 Å². The first-order valence-electron chi connectivity index (χ1n) is 6.98. The van der Waals surface area contributed by atoms with Crippen LogP contribution in [0.4, 0.5) is 13.2 Å². The average Bonchev–Trinajstić information content (AvgIpc) is 2.47. The summed E-state index contributed by atoms with van der Waals surface area (Å²) in [5, 5.41) is 3.27. The second-order valence-electron chi connectivity index (χ2n) is 5.27. The van der Waals surface area contributed by atoms with Gasteiger partial charge in [-0.05, 0) is 19.9 Å². The molecular formula is C14H18F3N3O2. The number of carbonyl (C=O) groups is 1. The van der Waals surface area contributed by atoms with E-state index < -0.39 is 12.8 Å². The van der Waals surface area contributed by atoms with Crippen molar-refractivity contribution in [2.24, 2.45) is 0 Å². The summed E-state index contributed by atoms with van der Waals surface area (Å²) in [7, 11) is 0. The van der Waals surface area contributed by atoms with Crippen molar-refractivity contribution in [2.45, 2.75) is 32.1 Å². The molecule has 0 aliphatic carbocycles. The van der Waals surface area contributed by atoms with Crippen molar-refractivity contribution < 1.29 is 22.7 Å². The maximum atomic E-state index is 12.4. The van der Waals surface area contributed by atoms with Crippen molar-refractivity contribution in [2.75, 3.05) is 19.7 Å². The number of aromatic nitrogens is 1. The highest BCUT2D eigenvalue weighted by atomic mass is 19.4.